The van der Waals surface area contributed by atoms with Crippen molar-refractivity contribution in [1.29, 1.82) is 0 Å². The molecule has 6 nitrogen and oxygen atoms in total. The van der Waals surface area contributed by atoms with E-state index in [1.807, 2.05) is 18.3 Å². The molecule has 3 fully saturated rings. The van der Waals surface area contributed by atoms with Gasteiger partial charge in [-0.2, -0.15) is 0 Å². The predicted octanol–water partition coefficient (Wildman–Crippen LogP) is 2.05. The molecule has 1 aromatic carbocycles. The van der Waals surface area contributed by atoms with Crippen LogP contribution in [-0.4, -0.2) is 63.5 Å². The Morgan fingerprint density at radius 2 is 1.93 bits per heavy atom. The Morgan fingerprint density at radius 3 is 2.55 bits per heavy atom. The number of carbonyl (C=O) groups is 2. The molecule has 2 amide bonds. The van der Waals surface area contributed by atoms with Crippen LogP contribution in [-0.2, 0) is 9.59 Å². The summed E-state index contributed by atoms with van der Waals surface area (Å²) in [5.41, 5.74) is 3.24. The molecule has 2 aromatic rings. The number of amides is 2. The highest BCUT2D eigenvalue weighted by Gasteiger charge is 2.54. The summed E-state index contributed by atoms with van der Waals surface area (Å²) in [6.07, 6.45) is 6.57. The summed E-state index contributed by atoms with van der Waals surface area (Å²) in [4.78, 5) is 33.1. The molecule has 1 aliphatic carbocycles. The van der Waals surface area contributed by atoms with Crippen LogP contribution < -0.4 is 0 Å². The number of rotatable bonds is 4. The number of nitrogens with zero attached hydrogens (tertiary/aromatic N) is 3. The fraction of sp³-hybridized carbons (Fsp3) is 0.435. The zero-order valence-corrected chi connectivity index (χ0v) is 16.3. The first-order valence-corrected chi connectivity index (χ1v) is 10.4. The van der Waals surface area contributed by atoms with Crippen molar-refractivity contribution in [2.24, 2.45) is 5.92 Å². The number of hydrogen-bond donors (Lipinski definition) is 1. The van der Waals surface area contributed by atoms with Crippen LogP contribution in [0.15, 0.2) is 48.8 Å². The zero-order valence-electron chi connectivity index (χ0n) is 16.3. The topological polar surface area (TPSA) is 73.7 Å². The SMILES string of the molecule is O=C(C1CCC1)N1CC(=O)N2[C@H](CO)[C@H](c3ccc(-c4cccnc4)cc3)[C@@H]2C1. The van der Waals surface area contributed by atoms with Gasteiger partial charge in [-0.3, -0.25) is 14.6 Å². The molecule has 150 valence electrons. The average Bonchev–Trinajstić information content (AvgIpc) is 2.69. The summed E-state index contributed by atoms with van der Waals surface area (Å²) in [5, 5.41) is 9.93. The average molecular weight is 391 g/mol. The Bertz CT molecular complexity index is 911. The van der Waals surface area contributed by atoms with E-state index in [4.69, 9.17) is 0 Å². The van der Waals surface area contributed by atoms with Gasteiger partial charge in [-0.25, -0.2) is 0 Å². The molecule has 6 heteroatoms. The molecular weight excluding hydrogens is 366 g/mol. The second kappa shape index (κ2) is 7.26. The first kappa shape index (κ1) is 18.3. The van der Waals surface area contributed by atoms with Gasteiger partial charge in [-0.15, -0.1) is 0 Å². The summed E-state index contributed by atoms with van der Waals surface area (Å²) in [7, 11) is 0. The summed E-state index contributed by atoms with van der Waals surface area (Å²) < 4.78 is 0. The molecule has 1 N–H and O–H groups in total. The fourth-order valence-corrected chi connectivity index (χ4v) is 5.01. The number of carbonyl (C=O) groups excluding carboxylic acids is 2. The van der Waals surface area contributed by atoms with Crippen molar-refractivity contribution >= 4 is 11.8 Å². The minimum atomic E-state index is -0.210. The summed E-state index contributed by atoms with van der Waals surface area (Å²) in [6, 6.07) is 11.9. The lowest BCUT2D eigenvalue weighted by molar-refractivity contribution is -0.169. The van der Waals surface area contributed by atoms with Crippen molar-refractivity contribution in [3.63, 3.8) is 0 Å². The van der Waals surface area contributed by atoms with Crippen molar-refractivity contribution < 1.29 is 14.7 Å². The fourth-order valence-electron chi connectivity index (χ4n) is 5.01. The van der Waals surface area contributed by atoms with Gasteiger partial charge in [0.05, 0.1) is 25.2 Å². The molecule has 29 heavy (non-hydrogen) atoms. The van der Waals surface area contributed by atoms with E-state index in [0.29, 0.717) is 6.54 Å². The maximum atomic E-state index is 12.7. The smallest absolute Gasteiger partial charge is 0.242 e. The summed E-state index contributed by atoms with van der Waals surface area (Å²) in [5.74, 6) is 0.225. The lowest BCUT2D eigenvalue weighted by Gasteiger charge is -2.59. The highest BCUT2D eigenvalue weighted by molar-refractivity contribution is 5.89. The molecular formula is C23H25N3O3. The van der Waals surface area contributed by atoms with E-state index in [-0.39, 0.29) is 48.9 Å². The lowest BCUT2D eigenvalue weighted by atomic mass is 9.73. The Labute approximate surface area is 170 Å². The van der Waals surface area contributed by atoms with Crippen LogP contribution >= 0.6 is 0 Å². The molecule has 0 radical (unpaired) electrons. The van der Waals surface area contributed by atoms with Gasteiger partial charge in [0, 0.05) is 30.8 Å². The van der Waals surface area contributed by atoms with Crippen LogP contribution in [0.5, 0.6) is 0 Å². The first-order valence-electron chi connectivity index (χ1n) is 10.4. The van der Waals surface area contributed by atoms with E-state index >= 15 is 0 Å². The van der Waals surface area contributed by atoms with E-state index in [2.05, 4.69) is 29.2 Å². The van der Waals surface area contributed by atoms with E-state index < -0.39 is 0 Å². The van der Waals surface area contributed by atoms with Gasteiger partial charge in [-0.1, -0.05) is 36.8 Å². The molecule has 2 saturated heterocycles. The third-order valence-electron chi connectivity index (χ3n) is 6.81. The largest absolute Gasteiger partial charge is 0.394 e. The quantitative estimate of drug-likeness (QED) is 0.866. The molecule has 0 spiro atoms. The maximum Gasteiger partial charge on any atom is 0.242 e. The normalized spacial score (nSPS) is 26.5. The molecule has 3 aliphatic rings. The molecule has 1 saturated carbocycles. The summed E-state index contributed by atoms with van der Waals surface area (Å²) in [6.45, 7) is 0.648. The van der Waals surface area contributed by atoms with Crippen molar-refractivity contribution in [3.05, 3.63) is 54.4 Å². The zero-order chi connectivity index (χ0) is 20.0. The molecule has 5 rings (SSSR count). The monoisotopic (exact) mass is 391 g/mol. The highest BCUT2D eigenvalue weighted by Crippen LogP contribution is 2.43. The molecule has 1 aromatic heterocycles. The van der Waals surface area contributed by atoms with Crippen molar-refractivity contribution in [3.8, 4) is 11.1 Å². The van der Waals surface area contributed by atoms with Gasteiger partial charge in [0.25, 0.3) is 0 Å². The van der Waals surface area contributed by atoms with Gasteiger partial charge >= 0.3 is 0 Å². The predicted molar refractivity (Wildman–Crippen MR) is 108 cm³/mol. The van der Waals surface area contributed by atoms with Crippen molar-refractivity contribution in [2.45, 2.75) is 37.3 Å². The number of aromatic nitrogens is 1. The maximum absolute atomic E-state index is 12.7. The summed E-state index contributed by atoms with van der Waals surface area (Å²) >= 11 is 0. The molecule has 3 atom stereocenters. The van der Waals surface area contributed by atoms with Crippen molar-refractivity contribution in [2.75, 3.05) is 19.7 Å². The Kier molecular flexibility index (Phi) is 4.59. The van der Waals surface area contributed by atoms with Gasteiger partial charge in [-0.05, 0) is 35.6 Å². The van der Waals surface area contributed by atoms with Crippen LogP contribution in [0.25, 0.3) is 11.1 Å². The van der Waals surface area contributed by atoms with Crippen molar-refractivity contribution in [1.82, 2.24) is 14.8 Å². The van der Waals surface area contributed by atoms with Gasteiger partial charge < -0.3 is 14.9 Å². The number of fused-ring (bicyclic) bond motifs is 1. The third kappa shape index (κ3) is 3.02. The highest BCUT2D eigenvalue weighted by atomic mass is 16.3. The lowest BCUT2D eigenvalue weighted by Crippen LogP contribution is -2.73. The standard InChI is InChI=1S/C23H25N3O3/c27-14-20-22(16-8-6-15(7-9-16)18-5-2-10-24-11-18)19-12-25(13-21(28)26(19)20)23(29)17-3-1-4-17/h2,5-11,17,19-20,22,27H,1,3-4,12-14H2/t19-,20+,22+/m0/s1. The van der Waals surface area contributed by atoms with Gasteiger partial charge in [0.1, 0.15) is 0 Å². The van der Waals surface area contributed by atoms with Crippen LogP contribution in [0.4, 0.5) is 0 Å². The van der Waals surface area contributed by atoms with Gasteiger partial charge in [0.15, 0.2) is 0 Å². The number of piperazine rings is 1. The first-order chi connectivity index (χ1) is 14.2. The van der Waals surface area contributed by atoms with Crippen LogP contribution in [0.2, 0.25) is 0 Å². The number of aliphatic hydroxyl groups is 1. The second-order valence-corrected chi connectivity index (χ2v) is 8.35. The van der Waals surface area contributed by atoms with Crippen LogP contribution in [0, 0.1) is 5.92 Å². The molecule has 0 unspecified atom stereocenters. The Morgan fingerprint density at radius 1 is 1.14 bits per heavy atom. The van der Waals surface area contributed by atoms with E-state index in [1.54, 1.807) is 16.0 Å². The van der Waals surface area contributed by atoms with E-state index in [0.717, 1.165) is 36.0 Å². The van der Waals surface area contributed by atoms with Gasteiger partial charge in [0.2, 0.25) is 11.8 Å². The number of hydrogen-bond acceptors (Lipinski definition) is 4. The van der Waals surface area contributed by atoms with E-state index in [9.17, 15) is 14.7 Å². The minimum Gasteiger partial charge on any atom is -0.394 e. The van der Waals surface area contributed by atoms with Crippen LogP contribution in [0.3, 0.4) is 0 Å². The number of aliphatic hydroxyl groups excluding tert-OH is 1. The molecule has 3 heterocycles. The Hall–Kier alpha value is -2.73. The molecule has 0 bridgehead atoms. The van der Waals surface area contributed by atoms with E-state index in [1.165, 1.54) is 0 Å². The number of pyridine rings is 1. The Balaban J connectivity index is 1.37. The number of benzene rings is 1. The minimum absolute atomic E-state index is 0.0452. The second-order valence-electron chi connectivity index (χ2n) is 8.35. The third-order valence-corrected chi connectivity index (χ3v) is 6.81. The molecule has 2 aliphatic heterocycles. The van der Waals surface area contributed by atoms with Crippen LogP contribution in [0.1, 0.15) is 30.7 Å².